The van der Waals surface area contributed by atoms with E-state index in [0.29, 0.717) is 89.8 Å². The number of rotatable bonds is 20. The Labute approximate surface area is 410 Å². The van der Waals surface area contributed by atoms with Crippen molar-refractivity contribution in [3.8, 4) is 0 Å². The number of allylic oxidation sites excluding steroid dienone is 4. The third-order valence-corrected chi connectivity index (χ3v) is 16.5. The molecule has 2 amide bonds. The summed E-state index contributed by atoms with van der Waals surface area (Å²) in [5.41, 5.74) is 2.41. The van der Waals surface area contributed by atoms with Gasteiger partial charge in [0.1, 0.15) is 29.6 Å². The minimum Gasteiger partial charge on any atom is -0.498 e. The molecule has 15 heteroatoms. The molecule has 3 fully saturated rings. The highest BCUT2D eigenvalue weighted by Gasteiger charge is 2.51. The summed E-state index contributed by atoms with van der Waals surface area (Å²) in [5.74, 6) is 4.23. The van der Waals surface area contributed by atoms with Crippen molar-refractivity contribution in [1.82, 2.24) is 14.7 Å². The van der Waals surface area contributed by atoms with Gasteiger partial charge in [0.15, 0.2) is 0 Å². The van der Waals surface area contributed by atoms with E-state index in [9.17, 15) is 9.59 Å². The third-order valence-electron chi connectivity index (χ3n) is 16.3. The van der Waals surface area contributed by atoms with Gasteiger partial charge in [-0.1, -0.05) is 25.0 Å². The van der Waals surface area contributed by atoms with Crippen LogP contribution in [-0.4, -0.2) is 161 Å². The first-order chi connectivity index (χ1) is 33.0. The van der Waals surface area contributed by atoms with Gasteiger partial charge in [-0.15, -0.1) is 0 Å². The van der Waals surface area contributed by atoms with Crippen LogP contribution in [0.3, 0.4) is 0 Å². The summed E-state index contributed by atoms with van der Waals surface area (Å²) in [6, 6.07) is 0.199. The molecule has 0 aromatic heterocycles. The van der Waals surface area contributed by atoms with Gasteiger partial charge in [0.2, 0.25) is 11.8 Å². The number of thiol groups is 1. The Morgan fingerprint density at radius 2 is 1.44 bits per heavy atom. The molecule has 14 nitrogen and oxygen atoms in total. The van der Waals surface area contributed by atoms with Crippen LogP contribution in [0, 0.1) is 29.6 Å². The summed E-state index contributed by atoms with van der Waals surface area (Å²) in [7, 11) is 5.07. The summed E-state index contributed by atoms with van der Waals surface area (Å²) in [6.45, 7) is 9.38. The fourth-order valence-corrected chi connectivity index (χ4v) is 13.3. The Morgan fingerprint density at radius 3 is 2.18 bits per heavy atom. The van der Waals surface area contributed by atoms with Crippen molar-refractivity contribution in [3.63, 3.8) is 0 Å². The molecule has 0 bridgehead atoms. The zero-order valence-corrected chi connectivity index (χ0v) is 42.4. The number of ether oxygens (including phenoxy) is 7. The van der Waals surface area contributed by atoms with Crippen molar-refractivity contribution in [1.29, 1.82) is 0 Å². The first-order valence-corrected chi connectivity index (χ1v) is 26.5. The van der Waals surface area contributed by atoms with Crippen LogP contribution in [0.15, 0.2) is 56.4 Å². The van der Waals surface area contributed by atoms with Crippen molar-refractivity contribution in [3.05, 3.63) is 46.5 Å². The van der Waals surface area contributed by atoms with Crippen LogP contribution in [0.2, 0.25) is 0 Å². The van der Waals surface area contributed by atoms with E-state index in [1.54, 1.807) is 21.3 Å². The van der Waals surface area contributed by atoms with Gasteiger partial charge in [0.05, 0.1) is 89.9 Å². The van der Waals surface area contributed by atoms with Crippen molar-refractivity contribution in [2.75, 3.05) is 80.7 Å². The molecule has 0 N–H and O–H groups in total. The van der Waals surface area contributed by atoms with Gasteiger partial charge in [0.25, 0.3) is 0 Å². The lowest BCUT2D eigenvalue weighted by molar-refractivity contribution is -0.139. The van der Waals surface area contributed by atoms with Gasteiger partial charge < -0.3 is 43.0 Å². The molecule has 9 aliphatic rings. The van der Waals surface area contributed by atoms with E-state index in [1.165, 1.54) is 37.0 Å². The van der Waals surface area contributed by atoms with Gasteiger partial charge in [-0.25, -0.2) is 0 Å². The molecule has 4 heterocycles. The average Bonchev–Trinajstić information content (AvgIpc) is 3.83. The highest BCUT2D eigenvalue weighted by atomic mass is 32.1. The molecular weight excluding hydrogens is 883 g/mol. The topological polar surface area (TPSA) is 133 Å². The number of carbonyl (C=O) groups is 2. The monoisotopic (exact) mass is 962 g/mol. The van der Waals surface area contributed by atoms with Gasteiger partial charge in [0, 0.05) is 86.8 Å². The number of hydrogen-bond donors (Lipinski definition) is 1. The molecule has 5 aliphatic carbocycles. The maximum atomic E-state index is 14.3. The quantitative estimate of drug-likeness (QED) is 0.0754. The number of methoxy groups -OCH3 is 3. The lowest BCUT2D eigenvalue weighted by atomic mass is 9.83. The van der Waals surface area contributed by atoms with Crippen LogP contribution < -0.4 is 0 Å². The lowest BCUT2D eigenvalue weighted by Crippen LogP contribution is -2.48. The second-order valence-electron chi connectivity index (χ2n) is 21.6. The standard InChI is InChI=1S/C53H79N5O9S/c1-53(2,68)33-56(14-15-64-18-19-65-17-16-61-3)38-21-34(31-66-49-27-43-41(25-47(49)62-4)51(59)57-39(29-54-43)23-36-10-6-8-12-45(36)57)20-35(22-38)32-67-50-28-44-42(26-48(50)63-5)52(60)58-40(30-55-44)24-37-11-7-9-13-46(37)58/h12,22,29-30,34,36-44,46,68H,6-11,13-21,23-28,31-33H2,1-5H3/t34-,36+,37?,38-,39+,40-,41-,42+,43+,44?,46-/m0/s1. The average molecular weight is 962 g/mol. The van der Waals surface area contributed by atoms with E-state index in [4.69, 9.17) is 55.8 Å². The SMILES string of the molecule is COCCOCCOCCN(CC(C)(C)S)[C@@H]1C=C(COC2=C(OC)C[C@H]3C(=O)N4[C@H](C=NC3C2)CC2CCCC[C@@H]24)C[C@H](COC2=C(OC)C[C@@H]3C(=O)N4C5=CCCC[C@@H]5C[C@@H]4C=N[C@@H]3C2)C1. The molecule has 2 unspecified atom stereocenters. The van der Waals surface area contributed by atoms with Crippen LogP contribution in [0.5, 0.6) is 0 Å². The molecule has 11 atom stereocenters. The fourth-order valence-electron chi connectivity index (χ4n) is 13.1. The number of carbonyl (C=O) groups excluding carboxylic acids is 2. The highest BCUT2D eigenvalue weighted by molar-refractivity contribution is 7.81. The normalized spacial score (nSPS) is 33.5. The number of aliphatic imine (C=N–C) groups is 2. The molecule has 1 saturated carbocycles. The van der Waals surface area contributed by atoms with Crippen LogP contribution in [0.1, 0.15) is 110 Å². The summed E-state index contributed by atoms with van der Waals surface area (Å²) in [4.78, 5) is 45.6. The largest absolute Gasteiger partial charge is 0.498 e. The summed E-state index contributed by atoms with van der Waals surface area (Å²) in [6.07, 6.45) is 22.7. The van der Waals surface area contributed by atoms with E-state index in [1.807, 2.05) is 0 Å². The van der Waals surface area contributed by atoms with Crippen LogP contribution in [-0.2, 0) is 42.7 Å². The van der Waals surface area contributed by atoms with E-state index in [2.05, 4.69) is 53.1 Å². The first-order valence-electron chi connectivity index (χ1n) is 26.0. The van der Waals surface area contributed by atoms with Crippen LogP contribution in [0.4, 0.5) is 0 Å². The molecule has 376 valence electrons. The smallest absolute Gasteiger partial charge is 0.233 e. The maximum absolute atomic E-state index is 14.3. The Balaban J connectivity index is 0.902. The second-order valence-corrected chi connectivity index (χ2v) is 22.8. The first kappa shape index (κ1) is 49.6. The third kappa shape index (κ3) is 11.2. The minimum atomic E-state index is -0.271. The Bertz CT molecular complexity index is 2000. The van der Waals surface area contributed by atoms with Crippen LogP contribution in [0.25, 0.3) is 0 Å². The Morgan fingerprint density at radius 1 is 0.750 bits per heavy atom. The van der Waals surface area contributed by atoms with E-state index in [0.717, 1.165) is 81.1 Å². The van der Waals surface area contributed by atoms with Gasteiger partial charge >= 0.3 is 0 Å². The molecule has 0 aromatic carbocycles. The summed E-state index contributed by atoms with van der Waals surface area (Å²) < 4.78 is 42.4. The molecule has 9 rings (SSSR count). The van der Waals surface area contributed by atoms with Gasteiger partial charge in [-0.3, -0.25) is 24.5 Å². The number of fused-ring (bicyclic) bond motifs is 8. The Hall–Kier alpha value is -3.37. The highest BCUT2D eigenvalue weighted by Crippen LogP contribution is 2.46. The zero-order chi connectivity index (χ0) is 47.4. The molecule has 0 radical (unpaired) electrons. The predicted octanol–water partition coefficient (Wildman–Crippen LogP) is 7.30. The molecule has 68 heavy (non-hydrogen) atoms. The number of hydrogen-bond acceptors (Lipinski definition) is 13. The predicted molar refractivity (Wildman–Crippen MR) is 264 cm³/mol. The molecule has 0 aromatic rings. The van der Waals surface area contributed by atoms with E-state index >= 15 is 0 Å². The fraction of sp³-hybridized carbons (Fsp3) is 0.774. The second kappa shape index (κ2) is 22.4. The van der Waals surface area contributed by atoms with Crippen molar-refractivity contribution in [2.45, 2.75) is 151 Å². The van der Waals surface area contributed by atoms with Crippen molar-refractivity contribution < 1.29 is 42.7 Å². The Kier molecular flexibility index (Phi) is 16.3. The lowest BCUT2D eigenvalue weighted by Gasteiger charge is -2.39. The van der Waals surface area contributed by atoms with Crippen molar-refractivity contribution >= 4 is 36.9 Å². The molecule has 0 spiro atoms. The van der Waals surface area contributed by atoms with Crippen LogP contribution >= 0.6 is 12.6 Å². The summed E-state index contributed by atoms with van der Waals surface area (Å²) >= 11 is 5.02. The number of amides is 2. The zero-order valence-electron chi connectivity index (χ0n) is 41.5. The van der Waals surface area contributed by atoms with E-state index < -0.39 is 0 Å². The molecular formula is C53H79N5O9S. The maximum Gasteiger partial charge on any atom is 0.233 e. The minimum absolute atomic E-state index is 0.0319. The van der Waals surface area contributed by atoms with Gasteiger partial charge in [-0.05, 0) is 89.0 Å². The summed E-state index contributed by atoms with van der Waals surface area (Å²) in [5, 5.41) is 0. The van der Waals surface area contributed by atoms with E-state index in [-0.39, 0.29) is 64.5 Å². The van der Waals surface area contributed by atoms with Crippen molar-refractivity contribution in [2.24, 2.45) is 39.6 Å². The van der Waals surface area contributed by atoms with Gasteiger partial charge in [-0.2, -0.15) is 12.6 Å². The number of nitrogens with zero attached hydrogens (tertiary/aromatic N) is 5. The molecule has 4 aliphatic heterocycles. The molecule has 2 saturated heterocycles.